The van der Waals surface area contributed by atoms with E-state index in [0.717, 1.165) is 29.0 Å². The first kappa shape index (κ1) is 11.5. The molecule has 0 aliphatic carbocycles. The van der Waals surface area contributed by atoms with Gasteiger partial charge in [-0.25, -0.2) is 0 Å². The van der Waals surface area contributed by atoms with E-state index in [1.54, 1.807) is 13.3 Å². The highest BCUT2D eigenvalue weighted by molar-refractivity contribution is 5.71. The van der Waals surface area contributed by atoms with E-state index in [2.05, 4.69) is 11.9 Å². The van der Waals surface area contributed by atoms with Crippen LogP contribution in [0.2, 0.25) is 0 Å². The van der Waals surface area contributed by atoms with E-state index in [1.807, 2.05) is 30.3 Å². The Morgan fingerprint density at radius 2 is 2.06 bits per heavy atom. The molecule has 3 heteroatoms. The van der Waals surface area contributed by atoms with Crippen LogP contribution in [0.4, 0.5) is 5.69 Å². The number of aromatic nitrogens is 1. The zero-order valence-electron chi connectivity index (χ0n) is 10.1. The van der Waals surface area contributed by atoms with Crippen LogP contribution in [0.15, 0.2) is 36.5 Å². The SMILES string of the molecule is CCc1cc(N)cnc1-c1ccccc1OC. The summed E-state index contributed by atoms with van der Waals surface area (Å²) in [5.41, 5.74) is 9.54. The Labute approximate surface area is 101 Å². The average molecular weight is 228 g/mol. The summed E-state index contributed by atoms with van der Waals surface area (Å²) in [6.07, 6.45) is 2.58. The van der Waals surface area contributed by atoms with Gasteiger partial charge in [-0.05, 0) is 30.2 Å². The van der Waals surface area contributed by atoms with Gasteiger partial charge in [0, 0.05) is 5.56 Å². The van der Waals surface area contributed by atoms with E-state index < -0.39 is 0 Å². The molecule has 2 N–H and O–H groups in total. The lowest BCUT2D eigenvalue weighted by molar-refractivity contribution is 0.416. The molecule has 0 amide bonds. The van der Waals surface area contributed by atoms with Crippen molar-refractivity contribution >= 4 is 5.69 Å². The number of benzene rings is 1. The molecule has 0 radical (unpaired) electrons. The van der Waals surface area contributed by atoms with Gasteiger partial charge in [-0.2, -0.15) is 0 Å². The van der Waals surface area contributed by atoms with Gasteiger partial charge in [-0.3, -0.25) is 4.98 Å². The van der Waals surface area contributed by atoms with Crippen molar-refractivity contribution < 1.29 is 4.74 Å². The van der Waals surface area contributed by atoms with Crippen LogP contribution in [-0.2, 0) is 6.42 Å². The maximum atomic E-state index is 5.76. The van der Waals surface area contributed by atoms with Gasteiger partial charge < -0.3 is 10.5 Å². The summed E-state index contributed by atoms with van der Waals surface area (Å²) in [4.78, 5) is 4.42. The second kappa shape index (κ2) is 4.87. The molecule has 1 heterocycles. The lowest BCUT2D eigenvalue weighted by Crippen LogP contribution is -1.97. The number of para-hydroxylation sites is 1. The molecular formula is C14H16N2O. The molecule has 88 valence electrons. The summed E-state index contributed by atoms with van der Waals surface area (Å²) >= 11 is 0. The van der Waals surface area contributed by atoms with Crippen LogP contribution in [0.5, 0.6) is 5.75 Å². The average Bonchev–Trinajstić information content (AvgIpc) is 2.38. The highest BCUT2D eigenvalue weighted by Crippen LogP contribution is 2.31. The Balaban J connectivity index is 2.59. The van der Waals surface area contributed by atoms with Crippen molar-refractivity contribution in [3.8, 4) is 17.0 Å². The van der Waals surface area contributed by atoms with Crippen molar-refractivity contribution in [3.05, 3.63) is 42.1 Å². The number of nitrogens with zero attached hydrogens (tertiary/aromatic N) is 1. The molecule has 17 heavy (non-hydrogen) atoms. The number of aryl methyl sites for hydroxylation is 1. The molecule has 2 rings (SSSR count). The molecule has 1 aromatic heterocycles. The minimum absolute atomic E-state index is 0.695. The second-order valence-corrected chi connectivity index (χ2v) is 3.83. The molecule has 0 saturated carbocycles. The van der Waals surface area contributed by atoms with Crippen molar-refractivity contribution in [2.75, 3.05) is 12.8 Å². The molecule has 0 aliphatic rings. The number of pyridine rings is 1. The van der Waals surface area contributed by atoms with Crippen LogP contribution in [0.1, 0.15) is 12.5 Å². The fraction of sp³-hybridized carbons (Fsp3) is 0.214. The minimum atomic E-state index is 0.695. The Bertz CT molecular complexity index is 523. The van der Waals surface area contributed by atoms with Crippen LogP contribution in [0.25, 0.3) is 11.3 Å². The van der Waals surface area contributed by atoms with Gasteiger partial charge in [-0.1, -0.05) is 19.1 Å². The topological polar surface area (TPSA) is 48.1 Å². The maximum absolute atomic E-state index is 5.76. The van der Waals surface area contributed by atoms with Crippen molar-refractivity contribution in [3.63, 3.8) is 0 Å². The first-order chi connectivity index (χ1) is 8.26. The monoisotopic (exact) mass is 228 g/mol. The first-order valence-corrected chi connectivity index (χ1v) is 5.64. The number of ether oxygens (including phenoxy) is 1. The number of anilines is 1. The van der Waals surface area contributed by atoms with Crippen LogP contribution in [0.3, 0.4) is 0 Å². The molecule has 0 fully saturated rings. The number of hydrogen-bond donors (Lipinski definition) is 1. The lowest BCUT2D eigenvalue weighted by atomic mass is 10.0. The third-order valence-electron chi connectivity index (χ3n) is 2.73. The zero-order chi connectivity index (χ0) is 12.3. The summed E-state index contributed by atoms with van der Waals surface area (Å²) in [6.45, 7) is 2.09. The van der Waals surface area contributed by atoms with Crippen molar-refractivity contribution in [1.82, 2.24) is 4.98 Å². The lowest BCUT2D eigenvalue weighted by Gasteiger charge is -2.11. The molecule has 0 saturated heterocycles. The van der Waals surface area contributed by atoms with Crippen LogP contribution in [-0.4, -0.2) is 12.1 Å². The summed E-state index contributed by atoms with van der Waals surface area (Å²) in [5.74, 6) is 0.833. The van der Waals surface area contributed by atoms with Gasteiger partial charge in [0.15, 0.2) is 0 Å². The van der Waals surface area contributed by atoms with E-state index in [0.29, 0.717) is 5.69 Å². The third-order valence-corrected chi connectivity index (χ3v) is 2.73. The molecule has 0 atom stereocenters. The minimum Gasteiger partial charge on any atom is -0.496 e. The molecule has 0 aliphatic heterocycles. The van der Waals surface area contributed by atoms with Gasteiger partial charge >= 0.3 is 0 Å². The number of hydrogen-bond acceptors (Lipinski definition) is 3. The third kappa shape index (κ3) is 2.23. The van der Waals surface area contributed by atoms with Crippen molar-refractivity contribution in [2.45, 2.75) is 13.3 Å². The highest BCUT2D eigenvalue weighted by Gasteiger charge is 2.10. The van der Waals surface area contributed by atoms with E-state index >= 15 is 0 Å². The fourth-order valence-electron chi connectivity index (χ4n) is 1.88. The number of rotatable bonds is 3. The summed E-state index contributed by atoms with van der Waals surface area (Å²) in [7, 11) is 1.67. The van der Waals surface area contributed by atoms with Crippen LogP contribution >= 0.6 is 0 Å². The first-order valence-electron chi connectivity index (χ1n) is 5.64. The molecule has 0 bridgehead atoms. The molecule has 0 unspecified atom stereocenters. The van der Waals surface area contributed by atoms with Gasteiger partial charge in [0.25, 0.3) is 0 Å². The maximum Gasteiger partial charge on any atom is 0.128 e. The predicted molar refractivity (Wildman–Crippen MR) is 70.0 cm³/mol. The predicted octanol–water partition coefficient (Wildman–Crippen LogP) is 2.90. The van der Waals surface area contributed by atoms with Crippen LogP contribution < -0.4 is 10.5 Å². The number of nitrogen functional groups attached to an aromatic ring is 1. The molecule has 2 aromatic rings. The van der Waals surface area contributed by atoms with Gasteiger partial charge in [0.2, 0.25) is 0 Å². The smallest absolute Gasteiger partial charge is 0.128 e. The molecule has 3 nitrogen and oxygen atoms in total. The quantitative estimate of drug-likeness (QED) is 0.878. The van der Waals surface area contributed by atoms with Gasteiger partial charge in [-0.15, -0.1) is 0 Å². The Kier molecular flexibility index (Phi) is 3.28. The second-order valence-electron chi connectivity index (χ2n) is 3.83. The normalized spacial score (nSPS) is 10.2. The van der Waals surface area contributed by atoms with E-state index in [-0.39, 0.29) is 0 Å². The summed E-state index contributed by atoms with van der Waals surface area (Å²) in [6, 6.07) is 9.85. The van der Waals surface area contributed by atoms with Crippen molar-refractivity contribution in [1.29, 1.82) is 0 Å². The standard InChI is InChI=1S/C14H16N2O/c1-3-10-8-11(15)9-16-14(10)12-6-4-5-7-13(12)17-2/h4-9H,3,15H2,1-2H3. The van der Waals surface area contributed by atoms with E-state index in [1.165, 1.54) is 0 Å². The largest absolute Gasteiger partial charge is 0.496 e. The molecule has 0 spiro atoms. The molecular weight excluding hydrogens is 212 g/mol. The summed E-state index contributed by atoms with van der Waals surface area (Å²) in [5, 5.41) is 0. The Hall–Kier alpha value is -2.03. The van der Waals surface area contributed by atoms with Gasteiger partial charge in [0.1, 0.15) is 5.75 Å². The zero-order valence-corrected chi connectivity index (χ0v) is 10.1. The fourth-order valence-corrected chi connectivity index (χ4v) is 1.88. The van der Waals surface area contributed by atoms with Crippen molar-refractivity contribution in [2.24, 2.45) is 0 Å². The Morgan fingerprint density at radius 3 is 2.76 bits per heavy atom. The van der Waals surface area contributed by atoms with Gasteiger partial charge in [0.05, 0.1) is 24.7 Å². The van der Waals surface area contributed by atoms with E-state index in [4.69, 9.17) is 10.5 Å². The van der Waals surface area contributed by atoms with E-state index in [9.17, 15) is 0 Å². The van der Waals surface area contributed by atoms with Crippen LogP contribution in [0, 0.1) is 0 Å². The Morgan fingerprint density at radius 1 is 1.29 bits per heavy atom. The number of methoxy groups -OCH3 is 1. The molecule has 1 aromatic carbocycles. The summed E-state index contributed by atoms with van der Waals surface area (Å²) < 4.78 is 5.36. The highest BCUT2D eigenvalue weighted by atomic mass is 16.5. The number of nitrogens with two attached hydrogens (primary N) is 1.